The molecule has 82 valence electrons. The predicted molar refractivity (Wildman–Crippen MR) is 54.3 cm³/mol. The van der Waals surface area contributed by atoms with Crippen LogP contribution in [0.2, 0.25) is 0 Å². The third kappa shape index (κ3) is 2.85. The Bertz CT molecular complexity index is 187. The molecular weight excluding hydrogens is 182 g/mol. The average molecular weight is 201 g/mol. The van der Waals surface area contributed by atoms with Crippen molar-refractivity contribution in [1.29, 1.82) is 0 Å². The van der Waals surface area contributed by atoms with Crippen molar-refractivity contribution in [3.05, 3.63) is 0 Å². The number of piperazine rings is 1. The van der Waals surface area contributed by atoms with Gasteiger partial charge in [0, 0.05) is 46.4 Å². The summed E-state index contributed by atoms with van der Waals surface area (Å²) in [5, 5.41) is 5.93. The fourth-order valence-electron chi connectivity index (χ4n) is 1.68. The Balaban J connectivity index is 2.45. The first-order valence-electron chi connectivity index (χ1n) is 4.97. The maximum absolute atomic E-state index is 11.5. The molecule has 2 amide bonds. The van der Waals surface area contributed by atoms with Gasteiger partial charge in [0.15, 0.2) is 0 Å². The first-order valence-corrected chi connectivity index (χ1v) is 4.97. The number of carbonyl (C=O) groups is 1. The van der Waals surface area contributed by atoms with Crippen LogP contribution in [0.25, 0.3) is 0 Å². The van der Waals surface area contributed by atoms with Crippen molar-refractivity contribution < 1.29 is 9.53 Å². The van der Waals surface area contributed by atoms with Crippen LogP contribution in [-0.4, -0.2) is 57.4 Å². The summed E-state index contributed by atoms with van der Waals surface area (Å²) in [6.07, 6.45) is 0.886. The van der Waals surface area contributed by atoms with Crippen molar-refractivity contribution in [2.45, 2.75) is 12.5 Å². The Morgan fingerprint density at radius 1 is 1.71 bits per heavy atom. The van der Waals surface area contributed by atoms with Gasteiger partial charge in [-0.15, -0.1) is 0 Å². The van der Waals surface area contributed by atoms with Gasteiger partial charge in [-0.25, -0.2) is 4.79 Å². The minimum atomic E-state index is 0.00704. The summed E-state index contributed by atoms with van der Waals surface area (Å²) < 4.78 is 5.02. The van der Waals surface area contributed by atoms with Crippen LogP contribution in [0.3, 0.4) is 0 Å². The number of carbonyl (C=O) groups excluding carboxylic acids is 1. The number of rotatable bonds is 3. The molecule has 0 aliphatic carbocycles. The first-order chi connectivity index (χ1) is 6.79. The van der Waals surface area contributed by atoms with Crippen LogP contribution < -0.4 is 10.6 Å². The first kappa shape index (κ1) is 11.3. The van der Waals surface area contributed by atoms with Gasteiger partial charge in [0.1, 0.15) is 0 Å². The van der Waals surface area contributed by atoms with Crippen LogP contribution in [0.5, 0.6) is 0 Å². The lowest BCUT2D eigenvalue weighted by Crippen LogP contribution is -2.56. The molecule has 1 saturated heterocycles. The van der Waals surface area contributed by atoms with E-state index in [-0.39, 0.29) is 12.1 Å². The maximum Gasteiger partial charge on any atom is 0.317 e. The maximum atomic E-state index is 11.5. The second kappa shape index (κ2) is 5.82. The fraction of sp³-hybridized carbons (Fsp3) is 0.889. The van der Waals surface area contributed by atoms with Crippen LogP contribution >= 0.6 is 0 Å². The van der Waals surface area contributed by atoms with E-state index in [2.05, 4.69) is 10.6 Å². The van der Waals surface area contributed by atoms with Gasteiger partial charge in [-0.1, -0.05) is 0 Å². The summed E-state index contributed by atoms with van der Waals surface area (Å²) in [5.41, 5.74) is 0. The summed E-state index contributed by atoms with van der Waals surface area (Å²) in [6, 6.07) is 0.260. The molecule has 1 aliphatic rings. The number of hydrogen-bond acceptors (Lipinski definition) is 3. The van der Waals surface area contributed by atoms with Crippen molar-refractivity contribution in [3.63, 3.8) is 0 Å². The molecule has 1 fully saturated rings. The molecule has 0 radical (unpaired) electrons. The van der Waals surface area contributed by atoms with Crippen LogP contribution in [0.4, 0.5) is 4.79 Å². The summed E-state index contributed by atoms with van der Waals surface area (Å²) in [5.74, 6) is 0. The van der Waals surface area contributed by atoms with E-state index in [0.717, 1.165) is 26.1 Å². The van der Waals surface area contributed by atoms with Gasteiger partial charge in [0.2, 0.25) is 0 Å². The van der Waals surface area contributed by atoms with E-state index in [1.54, 1.807) is 14.2 Å². The van der Waals surface area contributed by atoms with E-state index in [0.29, 0.717) is 6.61 Å². The summed E-state index contributed by atoms with van der Waals surface area (Å²) in [6.45, 7) is 3.20. The van der Waals surface area contributed by atoms with Crippen molar-refractivity contribution in [3.8, 4) is 0 Å². The minimum Gasteiger partial charge on any atom is -0.385 e. The highest BCUT2D eigenvalue weighted by molar-refractivity contribution is 5.74. The van der Waals surface area contributed by atoms with Crippen molar-refractivity contribution in [2.24, 2.45) is 0 Å². The highest BCUT2D eigenvalue weighted by atomic mass is 16.5. The van der Waals surface area contributed by atoms with Crippen LogP contribution in [0.1, 0.15) is 6.42 Å². The Morgan fingerprint density at radius 2 is 2.50 bits per heavy atom. The lowest BCUT2D eigenvalue weighted by molar-refractivity contribution is 0.124. The van der Waals surface area contributed by atoms with E-state index in [1.165, 1.54) is 0 Å². The zero-order chi connectivity index (χ0) is 10.4. The van der Waals surface area contributed by atoms with Gasteiger partial charge in [0.05, 0.1) is 0 Å². The zero-order valence-electron chi connectivity index (χ0n) is 8.88. The number of ether oxygens (including phenoxy) is 1. The van der Waals surface area contributed by atoms with Crippen LogP contribution in [0.15, 0.2) is 0 Å². The molecule has 0 saturated carbocycles. The molecule has 0 aromatic rings. The number of hydrogen-bond donors (Lipinski definition) is 2. The summed E-state index contributed by atoms with van der Waals surface area (Å²) >= 11 is 0. The number of urea groups is 1. The third-order valence-corrected chi connectivity index (χ3v) is 2.48. The molecule has 2 N–H and O–H groups in total. The van der Waals surface area contributed by atoms with E-state index in [4.69, 9.17) is 4.74 Å². The number of methoxy groups -OCH3 is 1. The second-order valence-electron chi connectivity index (χ2n) is 3.39. The molecule has 5 heteroatoms. The van der Waals surface area contributed by atoms with Crippen LogP contribution in [-0.2, 0) is 4.74 Å². The standard InChI is InChI=1S/C9H19N3O2/c1-10-9(13)12-5-4-11-7-8(12)3-6-14-2/h8,11H,3-7H2,1-2H3,(H,10,13). The minimum absolute atomic E-state index is 0.00704. The Hall–Kier alpha value is -0.810. The SMILES string of the molecule is CNC(=O)N1CCNCC1CCOC. The molecule has 1 heterocycles. The number of nitrogens with one attached hydrogen (secondary N) is 2. The van der Waals surface area contributed by atoms with E-state index >= 15 is 0 Å². The quantitative estimate of drug-likeness (QED) is 0.655. The number of nitrogens with zero attached hydrogens (tertiary/aromatic N) is 1. The second-order valence-corrected chi connectivity index (χ2v) is 3.39. The molecule has 1 atom stereocenters. The largest absolute Gasteiger partial charge is 0.385 e. The Morgan fingerprint density at radius 3 is 3.14 bits per heavy atom. The zero-order valence-corrected chi connectivity index (χ0v) is 8.88. The molecule has 1 rings (SSSR count). The topological polar surface area (TPSA) is 53.6 Å². The monoisotopic (exact) mass is 201 g/mol. The van der Waals surface area contributed by atoms with E-state index in [9.17, 15) is 4.79 Å². The molecule has 1 aliphatic heterocycles. The molecule has 14 heavy (non-hydrogen) atoms. The highest BCUT2D eigenvalue weighted by Gasteiger charge is 2.25. The molecule has 1 unspecified atom stereocenters. The van der Waals surface area contributed by atoms with Crippen molar-refractivity contribution in [1.82, 2.24) is 15.5 Å². The number of amides is 2. The lowest BCUT2D eigenvalue weighted by atomic mass is 10.1. The van der Waals surface area contributed by atoms with Gasteiger partial charge in [-0.3, -0.25) is 0 Å². The normalized spacial score (nSPS) is 22.1. The molecule has 0 spiro atoms. The van der Waals surface area contributed by atoms with Crippen molar-refractivity contribution >= 4 is 6.03 Å². The van der Waals surface area contributed by atoms with Crippen LogP contribution in [0, 0.1) is 0 Å². The summed E-state index contributed by atoms with van der Waals surface area (Å²) in [7, 11) is 3.35. The third-order valence-electron chi connectivity index (χ3n) is 2.48. The predicted octanol–water partition coefficient (Wildman–Crippen LogP) is -0.364. The molecule has 0 bridgehead atoms. The van der Waals surface area contributed by atoms with Gasteiger partial charge in [-0.2, -0.15) is 0 Å². The van der Waals surface area contributed by atoms with Gasteiger partial charge < -0.3 is 20.3 Å². The average Bonchev–Trinajstić information content (AvgIpc) is 2.25. The van der Waals surface area contributed by atoms with Crippen molar-refractivity contribution in [2.75, 3.05) is 40.4 Å². The highest BCUT2D eigenvalue weighted by Crippen LogP contribution is 2.07. The van der Waals surface area contributed by atoms with Gasteiger partial charge >= 0.3 is 6.03 Å². The molecule has 5 nitrogen and oxygen atoms in total. The van der Waals surface area contributed by atoms with Gasteiger partial charge in [0.25, 0.3) is 0 Å². The molecular formula is C9H19N3O2. The van der Waals surface area contributed by atoms with E-state index in [1.807, 2.05) is 4.90 Å². The van der Waals surface area contributed by atoms with Gasteiger partial charge in [-0.05, 0) is 6.42 Å². The lowest BCUT2D eigenvalue weighted by Gasteiger charge is -2.35. The Kier molecular flexibility index (Phi) is 4.69. The fourth-order valence-corrected chi connectivity index (χ4v) is 1.68. The molecule has 0 aromatic heterocycles. The smallest absolute Gasteiger partial charge is 0.317 e. The summed E-state index contributed by atoms with van der Waals surface area (Å²) in [4.78, 5) is 13.4. The van der Waals surface area contributed by atoms with E-state index < -0.39 is 0 Å². The Labute approximate surface area is 84.8 Å². The molecule has 0 aromatic carbocycles.